The highest BCUT2D eigenvalue weighted by molar-refractivity contribution is 5.57. The fraction of sp³-hybridized carbons (Fsp3) is 0.500. The molecule has 0 fully saturated rings. The van der Waals surface area contributed by atoms with Crippen LogP contribution in [0.2, 0.25) is 0 Å². The molecule has 2 heterocycles. The lowest BCUT2D eigenvalue weighted by Crippen LogP contribution is -2.23. The van der Waals surface area contributed by atoms with E-state index in [1.165, 1.54) is 0 Å². The second kappa shape index (κ2) is 12.2. The van der Waals surface area contributed by atoms with Crippen LogP contribution >= 0.6 is 0 Å². The molecule has 0 aromatic carbocycles. The zero-order chi connectivity index (χ0) is 20.2. The Morgan fingerprint density at radius 2 is 1.18 bits per heavy atom. The summed E-state index contributed by atoms with van der Waals surface area (Å²) in [6.07, 6.45) is 2.49. The van der Waals surface area contributed by atoms with E-state index in [1.54, 1.807) is 38.7 Å². The van der Waals surface area contributed by atoms with Gasteiger partial charge in [-0.2, -0.15) is 0 Å². The molecule has 2 aromatic heterocycles. The van der Waals surface area contributed by atoms with Crippen molar-refractivity contribution in [1.82, 2.24) is 9.97 Å². The van der Waals surface area contributed by atoms with Crippen molar-refractivity contribution in [3.63, 3.8) is 0 Å². The van der Waals surface area contributed by atoms with Crippen molar-refractivity contribution in [2.24, 2.45) is 0 Å². The maximum atomic E-state index is 5.74. The summed E-state index contributed by atoms with van der Waals surface area (Å²) in [6.45, 7) is 5.46. The minimum atomic E-state index is -0.421. The van der Waals surface area contributed by atoms with Crippen LogP contribution < -0.4 is 9.47 Å². The van der Waals surface area contributed by atoms with Gasteiger partial charge in [0, 0.05) is 52.0 Å². The van der Waals surface area contributed by atoms with Crippen LogP contribution in [0.3, 0.4) is 0 Å². The predicted octanol–water partition coefficient (Wildman–Crippen LogP) is 2.92. The van der Waals surface area contributed by atoms with Crippen LogP contribution in [0.25, 0.3) is 11.4 Å². The normalized spacial score (nSPS) is 13.1. The average molecular weight is 392 g/mol. The van der Waals surface area contributed by atoms with Crippen molar-refractivity contribution >= 4 is 0 Å². The Morgan fingerprint density at radius 1 is 0.750 bits per heavy atom. The van der Waals surface area contributed by atoms with E-state index in [0.29, 0.717) is 36.1 Å². The minimum Gasteiger partial charge on any atom is -0.488 e. The number of aromatic nitrogens is 2. The first-order valence-electron chi connectivity index (χ1n) is 9.17. The summed E-state index contributed by atoms with van der Waals surface area (Å²) in [5.74, 6) is 1.30. The lowest BCUT2D eigenvalue weighted by molar-refractivity contribution is -0.137. The van der Waals surface area contributed by atoms with Crippen molar-refractivity contribution < 1.29 is 28.4 Å². The Bertz CT molecular complexity index is 640. The van der Waals surface area contributed by atoms with Gasteiger partial charge in [0.2, 0.25) is 0 Å². The van der Waals surface area contributed by atoms with E-state index >= 15 is 0 Å². The molecule has 2 atom stereocenters. The van der Waals surface area contributed by atoms with Crippen LogP contribution in [0, 0.1) is 0 Å². The quantitative estimate of drug-likeness (QED) is 0.481. The molecule has 154 valence electrons. The lowest BCUT2D eigenvalue weighted by Gasteiger charge is -2.16. The number of hydrogen-bond acceptors (Lipinski definition) is 8. The highest BCUT2D eigenvalue weighted by Crippen LogP contribution is 2.23. The van der Waals surface area contributed by atoms with Crippen LogP contribution in [0.4, 0.5) is 0 Å². The molecule has 0 spiro atoms. The van der Waals surface area contributed by atoms with Crippen molar-refractivity contribution in [2.45, 2.75) is 26.4 Å². The Hall–Kier alpha value is -2.26. The maximum absolute atomic E-state index is 5.74. The van der Waals surface area contributed by atoms with Crippen LogP contribution in [0.5, 0.6) is 11.5 Å². The van der Waals surface area contributed by atoms with E-state index in [0.717, 1.165) is 0 Å². The van der Waals surface area contributed by atoms with Crippen molar-refractivity contribution in [1.29, 1.82) is 0 Å². The van der Waals surface area contributed by atoms with E-state index in [4.69, 9.17) is 28.4 Å². The smallest absolute Gasteiger partial charge is 0.191 e. The molecule has 0 bridgehead atoms. The van der Waals surface area contributed by atoms with Gasteiger partial charge in [-0.15, -0.1) is 0 Å². The van der Waals surface area contributed by atoms with Crippen LogP contribution in [0.1, 0.15) is 13.8 Å². The second-order valence-electron chi connectivity index (χ2n) is 5.62. The Balaban J connectivity index is 2.02. The van der Waals surface area contributed by atoms with Crippen LogP contribution in [-0.4, -0.2) is 63.2 Å². The highest BCUT2D eigenvalue weighted by Gasteiger charge is 2.11. The molecule has 0 saturated heterocycles. The molecule has 8 nitrogen and oxygen atoms in total. The SMILES string of the molecule is CCOC(COc1ccnc(-c2cc(OCC(OC)OCC)ccn2)c1)OC. The average Bonchev–Trinajstić information content (AvgIpc) is 2.74. The molecule has 0 radical (unpaired) electrons. The third-order valence-corrected chi connectivity index (χ3v) is 3.73. The number of nitrogens with zero attached hydrogens (tertiary/aromatic N) is 2. The fourth-order valence-electron chi connectivity index (χ4n) is 2.35. The van der Waals surface area contributed by atoms with Gasteiger partial charge in [-0.25, -0.2) is 0 Å². The van der Waals surface area contributed by atoms with Gasteiger partial charge < -0.3 is 28.4 Å². The summed E-state index contributed by atoms with van der Waals surface area (Å²) < 4.78 is 32.7. The molecule has 0 saturated carbocycles. The zero-order valence-electron chi connectivity index (χ0n) is 16.8. The van der Waals surface area contributed by atoms with Crippen LogP contribution in [0.15, 0.2) is 36.7 Å². The fourth-order valence-corrected chi connectivity index (χ4v) is 2.35. The molecular weight excluding hydrogens is 364 g/mol. The van der Waals surface area contributed by atoms with Gasteiger partial charge in [0.15, 0.2) is 12.6 Å². The molecule has 2 unspecified atom stereocenters. The monoisotopic (exact) mass is 392 g/mol. The Labute approximate surface area is 165 Å². The molecule has 28 heavy (non-hydrogen) atoms. The number of rotatable bonds is 13. The standard InChI is InChI=1S/C20H28N2O6/c1-5-25-19(23-3)13-27-15-7-9-21-17(11-15)18-12-16(8-10-22-18)28-14-20(24-4)26-6-2/h7-12,19-20H,5-6,13-14H2,1-4H3. The second-order valence-corrected chi connectivity index (χ2v) is 5.62. The van der Waals surface area contributed by atoms with E-state index in [9.17, 15) is 0 Å². The molecule has 0 amide bonds. The summed E-state index contributed by atoms with van der Waals surface area (Å²) >= 11 is 0. The Kier molecular flexibility index (Phi) is 9.64. The number of pyridine rings is 2. The first-order valence-corrected chi connectivity index (χ1v) is 9.17. The lowest BCUT2D eigenvalue weighted by atomic mass is 10.2. The molecular formula is C20H28N2O6. The van der Waals surface area contributed by atoms with Crippen molar-refractivity contribution in [3.05, 3.63) is 36.7 Å². The molecule has 0 N–H and O–H groups in total. The van der Waals surface area contributed by atoms with E-state index in [2.05, 4.69) is 9.97 Å². The number of hydrogen-bond donors (Lipinski definition) is 0. The Morgan fingerprint density at radius 3 is 1.54 bits per heavy atom. The van der Waals surface area contributed by atoms with Gasteiger partial charge in [0.05, 0.1) is 11.4 Å². The molecule has 2 aromatic rings. The first kappa shape index (κ1) is 22.0. The summed E-state index contributed by atoms with van der Waals surface area (Å²) in [4.78, 5) is 8.73. The summed E-state index contributed by atoms with van der Waals surface area (Å²) in [5, 5.41) is 0. The van der Waals surface area contributed by atoms with Gasteiger partial charge in [-0.1, -0.05) is 0 Å². The third kappa shape index (κ3) is 7.05. The molecule has 0 aliphatic carbocycles. The van der Waals surface area contributed by atoms with E-state index in [1.807, 2.05) is 26.0 Å². The number of ether oxygens (including phenoxy) is 6. The first-order chi connectivity index (χ1) is 13.7. The summed E-state index contributed by atoms with van der Waals surface area (Å²) in [7, 11) is 3.16. The van der Waals surface area contributed by atoms with E-state index < -0.39 is 12.6 Å². The third-order valence-electron chi connectivity index (χ3n) is 3.73. The molecule has 0 aliphatic rings. The van der Waals surface area contributed by atoms with Gasteiger partial charge in [0.1, 0.15) is 24.7 Å². The van der Waals surface area contributed by atoms with E-state index in [-0.39, 0.29) is 13.2 Å². The topological polar surface area (TPSA) is 81.2 Å². The molecule has 2 rings (SSSR count). The summed E-state index contributed by atoms with van der Waals surface area (Å²) in [6, 6.07) is 7.16. The number of methoxy groups -OCH3 is 2. The van der Waals surface area contributed by atoms with Gasteiger partial charge >= 0.3 is 0 Å². The van der Waals surface area contributed by atoms with Gasteiger partial charge in [-0.3, -0.25) is 9.97 Å². The zero-order valence-corrected chi connectivity index (χ0v) is 16.8. The predicted molar refractivity (Wildman–Crippen MR) is 103 cm³/mol. The van der Waals surface area contributed by atoms with Gasteiger partial charge in [-0.05, 0) is 26.0 Å². The largest absolute Gasteiger partial charge is 0.488 e. The summed E-state index contributed by atoms with van der Waals surface area (Å²) in [5.41, 5.74) is 1.34. The van der Waals surface area contributed by atoms with Crippen molar-refractivity contribution in [2.75, 3.05) is 40.6 Å². The minimum absolute atomic E-state index is 0.278. The van der Waals surface area contributed by atoms with Gasteiger partial charge in [0.25, 0.3) is 0 Å². The molecule has 0 aliphatic heterocycles. The van der Waals surface area contributed by atoms with Crippen LogP contribution in [-0.2, 0) is 18.9 Å². The maximum Gasteiger partial charge on any atom is 0.191 e. The van der Waals surface area contributed by atoms with Crippen molar-refractivity contribution in [3.8, 4) is 22.9 Å². The highest BCUT2D eigenvalue weighted by atomic mass is 16.7. The molecule has 8 heteroatoms.